The van der Waals surface area contributed by atoms with E-state index < -0.39 is 16.5 Å². The third kappa shape index (κ3) is 4.01. The molecule has 3 amide bonds. The normalized spacial score (nSPS) is 18.8. The molecule has 1 unspecified atom stereocenters. The third-order valence-electron chi connectivity index (χ3n) is 3.17. The number of rotatable bonds is 3. The minimum atomic E-state index is -0.570. The van der Waals surface area contributed by atoms with Crippen LogP contribution in [0, 0.1) is 10.1 Å². The molecule has 21 heavy (non-hydrogen) atoms. The van der Waals surface area contributed by atoms with Crippen LogP contribution in [-0.2, 0) is 17.6 Å². The highest BCUT2D eigenvalue weighted by molar-refractivity contribution is 5.85. The van der Waals surface area contributed by atoms with Crippen LogP contribution in [0.3, 0.4) is 0 Å². The second kappa shape index (κ2) is 6.83. The van der Waals surface area contributed by atoms with E-state index in [1.807, 2.05) is 26.1 Å². The zero-order valence-electron chi connectivity index (χ0n) is 12.3. The molecule has 0 spiro atoms. The number of benzene rings is 1. The monoisotopic (exact) mass is 293 g/mol. The Kier molecular flexibility index (Phi) is 5.40. The molecular formula is C14H19N3O4. The third-order valence-corrected chi connectivity index (χ3v) is 3.17. The van der Waals surface area contributed by atoms with E-state index in [0.717, 1.165) is 11.1 Å². The lowest BCUT2D eigenvalue weighted by Crippen LogP contribution is -2.50. The van der Waals surface area contributed by atoms with Crippen molar-refractivity contribution in [2.24, 2.45) is 0 Å². The lowest BCUT2D eigenvalue weighted by atomic mass is 9.99. The van der Waals surface area contributed by atoms with Crippen molar-refractivity contribution in [3.05, 3.63) is 39.4 Å². The van der Waals surface area contributed by atoms with Crippen LogP contribution in [0.5, 0.6) is 0 Å². The quantitative estimate of drug-likeness (QED) is 0.505. The summed E-state index contributed by atoms with van der Waals surface area (Å²) in [5, 5.41) is 15.4. The van der Waals surface area contributed by atoms with Crippen LogP contribution in [0.4, 0.5) is 10.5 Å². The van der Waals surface area contributed by atoms with Crippen molar-refractivity contribution in [2.45, 2.75) is 39.2 Å². The molecule has 0 radical (unpaired) electrons. The fourth-order valence-corrected chi connectivity index (χ4v) is 2.42. The minimum absolute atomic E-state index is 0.0420. The van der Waals surface area contributed by atoms with Crippen molar-refractivity contribution >= 4 is 18.1 Å². The highest BCUT2D eigenvalue weighted by Gasteiger charge is 2.35. The summed E-state index contributed by atoms with van der Waals surface area (Å²) in [6, 6.07) is 4.12. The number of hydrogen-bond donors (Lipinski definition) is 2. The van der Waals surface area contributed by atoms with Crippen LogP contribution < -0.4 is 10.6 Å². The Hall–Kier alpha value is -2.44. The van der Waals surface area contributed by atoms with Gasteiger partial charge < -0.3 is 5.32 Å². The van der Waals surface area contributed by atoms with Crippen LogP contribution in [0.2, 0.25) is 0 Å². The molecule has 7 nitrogen and oxygen atoms in total. The number of nitrogens with zero attached hydrogens (tertiary/aromatic N) is 1. The fourth-order valence-electron chi connectivity index (χ4n) is 2.42. The lowest BCUT2D eigenvalue weighted by Gasteiger charge is -2.24. The van der Waals surface area contributed by atoms with Gasteiger partial charge in [-0.2, -0.15) is 0 Å². The molecule has 0 saturated carbocycles. The van der Waals surface area contributed by atoms with E-state index in [0.29, 0.717) is 19.3 Å². The average Bonchev–Trinajstić information content (AvgIpc) is 2.75. The minimum Gasteiger partial charge on any atom is -0.332 e. The van der Waals surface area contributed by atoms with Gasteiger partial charge in [0.15, 0.2) is 0 Å². The van der Waals surface area contributed by atoms with Gasteiger partial charge in [0.05, 0.1) is 4.92 Å². The highest BCUT2D eigenvalue weighted by atomic mass is 16.6. The molecule has 114 valence electrons. The van der Waals surface area contributed by atoms with Gasteiger partial charge in [-0.15, -0.1) is 0 Å². The second-order valence-corrected chi connectivity index (χ2v) is 4.84. The Morgan fingerprint density at radius 2 is 1.95 bits per heavy atom. The summed E-state index contributed by atoms with van der Waals surface area (Å²) < 4.78 is 0. The van der Waals surface area contributed by atoms with E-state index in [4.69, 9.17) is 0 Å². The number of non-ortho nitro benzene ring substituents is 1. The number of nitrogens with one attached hydrogen (secondary N) is 2. The maximum atomic E-state index is 11.4. The number of urea groups is 1. The molecule has 1 aliphatic rings. The molecule has 0 aliphatic heterocycles. The average molecular weight is 293 g/mol. The Morgan fingerprint density at radius 3 is 2.52 bits per heavy atom. The molecule has 7 heteroatoms. The van der Waals surface area contributed by atoms with Gasteiger partial charge in [-0.1, -0.05) is 19.9 Å². The smallest absolute Gasteiger partial charge is 0.321 e. The molecule has 1 aliphatic carbocycles. The van der Waals surface area contributed by atoms with E-state index in [9.17, 15) is 19.7 Å². The lowest BCUT2D eigenvalue weighted by molar-refractivity contribution is -0.384. The topological polar surface area (TPSA) is 101 Å². The van der Waals surface area contributed by atoms with Gasteiger partial charge in [0.1, 0.15) is 0 Å². The zero-order chi connectivity index (χ0) is 16.0. The van der Waals surface area contributed by atoms with Crippen LogP contribution in [0.1, 0.15) is 31.9 Å². The fraction of sp³-hybridized carbons (Fsp3) is 0.429. The second-order valence-electron chi connectivity index (χ2n) is 4.84. The Labute approximate surface area is 122 Å². The van der Waals surface area contributed by atoms with Crippen molar-refractivity contribution in [2.75, 3.05) is 0 Å². The van der Waals surface area contributed by atoms with Crippen LogP contribution in [0.15, 0.2) is 18.2 Å². The Bertz CT molecular complexity index is 559. The summed E-state index contributed by atoms with van der Waals surface area (Å²) in [7, 11) is 0. The van der Waals surface area contributed by atoms with Crippen LogP contribution in [0.25, 0.3) is 0 Å². The SMILES string of the molecule is CC.CC1(NC(=O)NC=O)Cc2ccc([N+](=O)[O-])cc2C1. The number of nitro groups is 1. The van der Waals surface area contributed by atoms with Crippen molar-refractivity contribution in [1.29, 1.82) is 0 Å². The number of carbonyl (C=O) groups excluding carboxylic acids is 2. The predicted octanol–water partition coefficient (Wildman–Crippen LogP) is 1.93. The molecule has 0 heterocycles. The van der Waals surface area contributed by atoms with E-state index in [1.165, 1.54) is 12.1 Å². The molecule has 1 atom stereocenters. The number of imide groups is 1. The molecule has 2 rings (SSSR count). The number of amides is 3. The number of fused-ring (bicyclic) bond motifs is 1. The van der Waals surface area contributed by atoms with E-state index >= 15 is 0 Å². The summed E-state index contributed by atoms with van der Waals surface area (Å²) >= 11 is 0. The first kappa shape index (κ1) is 16.6. The first-order chi connectivity index (χ1) is 9.93. The number of carbonyl (C=O) groups is 2. The van der Waals surface area contributed by atoms with Gasteiger partial charge in [-0.05, 0) is 30.9 Å². The van der Waals surface area contributed by atoms with E-state index in [2.05, 4.69) is 5.32 Å². The Balaban J connectivity index is 0.00000106. The molecule has 1 aromatic carbocycles. The molecule has 0 bridgehead atoms. The first-order valence-corrected chi connectivity index (χ1v) is 6.72. The Morgan fingerprint density at radius 1 is 1.33 bits per heavy atom. The van der Waals surface area contributed by atoms with Crippen molar-refractivity contribution in [3.63, 3.8) is 0 Å². The predicted molar refractivity (Wildman–Crippen MR) is 78.0 cm³/mol. The van der Waals surface area contributed by atoms with Gasteiger partial charge in [-0.25, -0.2) is 4.79 Å². The van der Waals surface area contributed by atoms with Gasteiger partial charge in [0.2, 0.25) is 6.41 Å². The summed E-state index contributed by atoms with van der Waals surface area (Å²) in [6.07, 6.45) is 1.38. The molecule has 2 N–H and O–H groups in total. The summed E-state index contributed by atoms with van der Waals surface area (Å²) in [6.45, 7) is 5.84. The van der Waals surface area contributed by atoms with E-state index in [1.54, 1.807) is 6.07 Å². The van der Waals surface area contributed by atoms with Crippen LogP contribution in [-0.4, -0.2) is 22.9 Å². The maximum absolute atomic E-state index is 11.4. The molecule has 1 aromatic rings. The van der Waals surface area contributed by atoms with Crippen LogP contribution >= 0.6 is 0 Å². The van der Waals surface area contributed by atoms with Crippen molar-refractivity contribution in [1.82, 2.24) is 10.6 Å². The van der Waals surface area contributed by atoms with Gasteiger partial charge >= 0.3 is 6.03 Å². The number of hydrogen-bond acceptors (Lipinski definition) is 4. The maximum Gasteiger partial charge on any atom is 0.321 e. The molecule has 0 aromatic heterocycles. The standard InChI is InChI=1S/C12H13N3O4.C2H6/c1-12(14-11(17)13-7-16)5-8-2-3-10(15(18)19)4-9(8)6-12;1-2/h2-4,7H,5-6H2,1H3,(H2,13,14,16,17);1-2H3. The number of nitro benzene ring substituents is 1. The first-order valence-electron chi connectivity index (χ1n) is 6.72. The van der Waals surface area contributed by atoms with Gasteiger partial charge in [0.25, 0.3) is 5.69 Å². The largest absolute Gasteiger partial charge is 0.332 e. The van der Waals surface area contributed by atoms with Gasteiger partial charge in [0, 0.05) is 17.7 Å². The molecule has 0 saturated heterocycles. The zero-order valence-corrected chi connectivity index (χ0v) is 12.3. The van der Waals surface area contributed by atoms with Crippen molar-refractivity contribution in [3.8, 4) is 0 Å². The summed E-state index contributed by atoms with van der Waals surface area (Å²) in [4.78, 5) is 31.8. The molecular weight excluding hydrogens is 274 g/mol. The highest BCUT2D eigenvalue weighted by Crippen LogP contribution is 2.32. The van der Waals surface area contributed by atoms with Crippen molar-refractivity contribution < 1.29 is 14.5 Å². The molecule has 0 fully saturated rings. The summed E-state index contributed by atoms with van der Waals surface area (Å²) in [5.41, 5.74) is 1.33. The summed E-state index contributed by atoms with van der Waals surface area (Å²) in [5.74, 6) is 0. The van der Waals surface area contributed by atoms with Gasteiger partial charge in [-0.3, -0.25) is 20.2 Å². The van der Waals surface area contributed by atoms with E-state index in [-0.39, 0.29) is 5.69 Å².